The van der Waals surface area contributed by atoms with Crippen molar-refractivity contribution in [2.75, 3.05) is 13.6 Å². The molecule has 0 atom stereocenters. The van der Waals surface area contributed by atoms with Crippen molar-refractivity contribution in [1.82, 2.24) is 15.4 Å². The van der Waals surface area contributed by atoms with E-state index in [0.717, 1.165) is 17.0 Å². The van der Waals surface area contributed by atoms with Gasteiger partial charge in [-0.15, -0.1) is 0 Å². The smallest absolute Gasteiger partial charge is 0.234 e. The van der Waals surface area contributed by atoms with Gasteiger partial charge in [0.15, 0.2) is 0 Å². The predicted molar refractivity (Wildman–Crippen MR) is 70.2 cm³/mol. The van der Waals surface area contributed by atoms with Crippen LogP contribution in [0.5, 0.6) is 0 Å². The number of carbonyl (C=O) groups excluding carboxylic acids is 1. The van der Waals surface area contributed by atoms with Gasteiger partial charge in [-0.2, -0.15) is 0 Å². The lowest BCUT2D eigenvalue weighted by Gasteiger charge is -2.23. The second kappa shape index (κ2) is 5.52. The third kappa shape index (κ3) is 4.49. The average molecular weight is 253 g/mol. The lowest BCUT2D eigenvalue weighted by atomic mass is 10.1. The molecule has 0 saturated carbocycles. The molecule has 0 unspecified atom stereocenters. The summed E-state index contributed by atoms with van der Waals surface area (Å²) in [6, 6.07) is 0. The van der Waals surface area contributed by atoms with Crippen molar-refractivity contribution >= 4 is 5.91 Å². The number of rotatable bonds is 4. The Hall–Kier alpha value is -1.36. The maximum absolute atomic E-state index is 11.8. The maximum atomic E-state index is 11.8. The van der Waals surface area contributed by atoms with Gasteiger partial charge in [0.2, 0.25) is 5.91 Å². The summed E-state index contributed by atoms with van der Waals surface area (Å²) in [6.07, 6.45) is 0. The highest BCUT2D eigenvalue weighted by atomic mass is 16.5. The highest BCUT2D eigenvalue weighted by molar-refractivity contribution is 5.78. The van der Waals surface area contributed by atoms with E-state index in [-0.39, 0.29) is 11.4 Å². The van der Waals surface area contributed by atoms with Crippen LogP contribution < -0.4 is 5.32 Å². The first kappa shape index (κ1) is 14.7. The Bertz CT molecular complexity index is 399. The van der Waals surface area contributed by atoms with Crippen LogP contribution in [0, 0.1) is 13.8 Å². The molecule has 102 valence electrons. The first-order valence-electron chi connectivity index (χ1n) is 6.10. The largest absolute Gasteiger partial charge is 0.361 e. The van der Waals surface area contributed by atoms with Crippen LogP contribution in [0.2, 0.25) is 0 Å². The number of aryl methyl sites for hydroxylation is 2. The summed E-state index contributed by atoms with van der Waals surface area (Å²) in [6.45, 7) is 10.7. The fourth-order valence-electron chi connectivity index (χ4n) is 1.76. The molecular weight excluding hydrogens is 230 g/mol. The monoisotopic (exact) mass is 253 g/mol. The van der Waals surface area contributed by atoms with Crippen LogP contribution in [0.3, 0.4) is 0 Å². The molecule has 1 aromatic heterocycles. The molecule has 1 amide bonds. The van der Waals surface area contributed by atoms with E-state index in [2.05, 4.69) is 10.5 Å². The fraction of sp³-hybridized carbons (Fsp3) is 0.692. The van der Waals surface area contributed by atoms with E-state index in [4.69, 9.17) is 4.52 Å². The van der Waals surface area contributed by atoms with Crippen molar-refractivity contribution in [3.63, 3.8) is 0 Å². The van der Waals surface area contributed by atoms with Crippen LogP contribution in [0.15, 0.2) is 4.52 Å². The zero-order valence-corrected chi connectivity index (χ0v) is 12.1. The van der Waals surface area contributed by atoms with Gasteiger partial charge in [0.1, 0.15) is 5.76 Å². The number of hydrogen-bond acceptors (Lipinski definition) is 4. The number of hydrogen-bond donors (Lipinski definition) is 1. The lowest BCUT2D eigenvalue weighted by Crippen LogP contribution is -2.45. The van der Waals surface area contributed by atoms with Gasteiger partial charge in [-0.3, -0.25) is 9.69 Å². The summed E-state index contributed by atoms with van der Waals surface area (Å²) in [4.78, 5) is 13.7. The Kier molecular flexibility index (Phi) is 4.51. The number of nitrogens with zero attached hydrogens (tertiary/aromatic N) is 2. The Morgan fingerprint density at radius 2 is 2.00 bits per heavy atom. The van der Waals surface area contributed by atoms with E-state index in [0.29, 0.717) is 13.1 Å². The van der Waals surface area contributed by atoms with E-state index >= 15 is 0 Å². The molecule has 0 aliphatic heterocycles. The van der Waals surface area contributed by atoms with Gasteiger partial charge >= 0.3 is 0 Å². The van der Waals surface area contributed by atoms with Gasteiger partial charge in [-0.1, -0.05) is 5.16 Å². The van der Waals surface area contributed by atoms with Gasteiger partial charge < -0.3 is 9.84 Å². The third-order valence-electron chi connectivity index (χ3n) is 2.54. The molecule has 1 aromatic rings. The first-order chi connectivity index (χ1) is 8.19. The molecule has 5 nitrogen and oxygen atoms in total. The van der Waals surface area contributed by atoms with E-state index in [9.17, 15) is 4.79 Å². The molecule has 0 spiro atoms. The minimum absolute atomic E-state index is 0.0248. The minimum Gasteiger partial charge on any atom is -0.361 e. The summed E-state index contributed by atoms with van der Waals surface area (Å²) >= 11 is 0. The van der Waals surface area contributed by atoms with Crippen molar-refractivity contribution in [3.05, 3.63) is 17.0 Å². The highest BCUT2D eigenvalue weighted by Gasteiger charge is 2.17. The fourth-order valence-corrected chi connectivity index (χ4v) is 1.76. The Balaban J connectivity index is 2.52. The van der Waals surface area contributed by atoms with Crippen molar-refractivity contribution < 1.29 is 9.32 Å². The third-order valence-corrected chi connectivity index (χ3v) is 2.54. The van der Waals surface area contributed by atoms with Crippen LogP contribution >= 0.6 is 0 Å². The molecule has 5 heteroatoms. The minimum atomic E-state index is -0.193. The summed E-state index contributed by atoms with van der Waals surface area (Å²) in [7, 11) is 1.91. The average Bonchev–Trinajstić information content (AvgIpc) is 2.46. The Morgan fingerprint density at radius 1 is 1.39 bits per heavy atom. The number of carbonyl (C=O) groups is 1. The van der Waals surface area contributed by atoms with E-state index < -0.39 is 0 Å². The van der Waals surface area contributed by atoms with Gasteiger partial charge in [-0.25, -0.2) is 0 Å². The zero-order valence-electron chi connectivity index (χ0n) is 12.1. The zero-order chi connectivity index (χ0) is 13.9. The molecule has 1 heterocycles. The SMILES string of the molecule is Cc1noc(C)c1CN(C)CC(=O)NC(C)(C)C. The molecule has 0 bridgehead atoms. The summed E-state index contributed by atoms with van der Waals surface area (Å²) in [5.41, 5.74) is 1.75. The maximum Gasteiger partial charge on any atom is 0.234 e. The van der Waals surface area contributed by atoms with Crippen LogP contribution in [0.25, 0.3) is 0 Å². The second-order valence-corrected chi connectivity index (χ2v) is 5.77. The van der Waals surface area contributed by atoms with Crippen molar-refractivity contribution in [3.8, 4) is 0 Å². The Labute approximate surface area is 109 Å². The molecular formula is C13H23N3O2. The first-order valence-corrected chi connectivity index (χ1v) is 6.10. The molecule has 0 aliphatic carbocycles. The number of likely N-dealkylation sites (N-methyl/N-ethyl adjacent to an activating group) is 1. The summed E-state index contributed by atoms with van der Waals surface area (Å²) < 4.78 is 5.10. The summed E-state index contributed by atoms with van der Waals surface area (Å²) in [5, 5.41) is 6.84. The van der Waals surface area contributed by atoms with E-state index in [1.54, 1.807) is 0 Å². The van der Waals surface area contributed by atoms with E-state index in [1.165, 1.54) is 0 Å². The number of aromatic nitrogens is 1. The van der Waals surface area contributed by atoms with Gasteiger partial charge in [0, 0.05) is 17.6 Å². The van der Waals surface area contributed by atoms with Crippen LogP contribution in [0.1, 0.15) is 37.8 Å². The number of nitrogens with one attached hydrogen (secondary N) is 1. The van der Waals surface area contributed by atoms with Crippen molar-refractivity contribution in [2.45, 2.75) is 46.7 Å². The molecule has 18 heavy (non-hydrogen) atoms. The van der Waals surface area contributed by atoms with Gasteiger partial charge in [0.25, 0.3) is 0 Å². The molecule has 0 saturated heterocycles. The normalized spacial score (nSPS) is 11.9. The molecule has 0 aromatic carbocycles. The molecule has 0 radical (unpaired) electrons. The number of amides is 1. The second-order valence-electron chi connectivity index (χ2n) is 5.77. The molecule has 0 aliphatic rings. The van der Waals surface area contributed by atoms with Crippen molar-refractivity contribution in [1.29, 1.82) is 0 Å². The van der Waals surface area contributed by atoms with Crippen molar-refractivity contribution in [2.24, 2.45) is 0 Å². The molecule has 1 N–H and O–H groups in total. The quantitative estimate of drug-likeness (QED) is 0.886. The predicted octanol–water partition coefficient (Wildman–Crippen LogP) is 1.64. The van der Waals surface area contributed by atoms with Gasteiger partial charge in [0.05, 0.1) is 12.2 Å². The van der Waals surface area contributed by atoms with Crippen LogP contribution in [0.4, 0.5) is 0 Å². The van der Waals surface area contributed by atoms with E-state index in [1.807, 2.05) is 46.6 Å². The summed E-state index contributed by atoms with van der Waals surface area (Å²) in [5.74, 6) is 0.840. The highest BCUT2D eigenvalue weighted by Crippen LogP contribution is 2.13. The van der Waals surface area contributed by atoms with Crippen LogP contribution in [-0.4, -0.2) is 35.1 Å². The standard InChI is InChI=1S/C13H23N3O2/c1-9-11(10(2)18-15-9)7-16(6)8-12(17)14-13(3,4)5/h7-8H2,1-6H3,(H,14,17). The van der Waals surface area contributed by atoms with Gasteiger partial charge in [-0.05, 0) is 41.7 Å². The van der Waals surface area contributed by atoms with Crippen LogP contribution in [-0.2, 0) is 11.3 Å². The molecule has 1 rings (SSSR count). The molecule has 0 fully saturated rings. The lowest BCUT2D eigenvalue weighted by molar-refractivity contribution is -0.123. The topological polar surface area (TPSA) is 58.4 Å². The Morgan fingerprint density at radius 3 is 2.44 bits per heavy atom.